The average molecular weight is 572 g/mol. The lowest BCUT2D eigenvalue weighted by Gasteiger charge is -2.28. The first kappa shape index (κ1) is 26.9. The van der Waals surface area contributed by atoms with E-state index >= 15 is 0 Å². The number of anilines is 1. The van der Waals surface area contributed by atoms with Crippen LogP contribution in [0.5, 0.6) is 0 Å². The van der Waals surface area contributed by atoms with Gasteiger partial charge in [-0.3, -0.25) is 4.79 Å². The lowest BCUT2D eigenvalue weighted by Crippen LogP contribution is -2.35. The third kappa shape index (κ3) is 4.91. The third-order valence-electron chi connectivity index (χ3n) is 10.6. The Morgan fingerprint density at radius 2 is 1.60 bits per heavy atom. The first-order chi connectivity index (χ1) is 21.2. The number of aromatic nitrogens is 2. The minimum Gasteiger partial charge on any atom is -0.341 e. The van der Waals surface area contributed by atoms with Gasteiger partial charge in [-0.1, -0.05) is 61.4 Å². The Balaban J connectivity index is 1.12. The molecule has 220 valence electrons. The molecule has 3 heterocycles. The maximum atomic E-state index is 12.8. The highest BCUT2D eigenvalue weighted by molar-refractivity contribution is 5.95. The van der Waals surface area contributed by atoms with Gasteiger partial charge in [-0.15, -0.1) is 0 Å². The lowest BCUT2D eigenvalue weighted by molar-refractivity contribution is -0.117. The molecule has 2 aliphatic heterocycles. The number of amides is 1. The molecular formula is C37H41N5O. The summed E-state index contributed by atoms with van der Waals surface area (Å²) in [5.74, 6) is 1.12. The molecule has 1 saturated carbocycles. The number of aromatic amines is 1. The zero-order valence-corrected chi connectivity index (χ0v) is 24.8. The Kier molecular flexibility index (Phi) is 6.92. The van der Waals surface area contributed by atoms with E-state index in [4.69, 9.17) is 0 Å². The van der Waals surface area contributed by atoms with Crippen molar-refractivity contribution in [3.63, 3.8) is 0 Å². The number of rotatable bonds is 6. The molecule has 1 aromatic heterocycles. The molecule has 6 nitrogen and oxygen atoms in total. The Morgan fingerprint density at radius 3 is 2.40 bits per heavy atom. The van der Waals surface area contributed by atoms with Gasteiger partial charge < -0.3 is 20.9 Å². The molecule has 0 bridgehead atoms. The van der Waals surface area contributed by atoms with Crippen molar-refractivity contribution in [2.75, 3.05) is 18.4 Å². The number of hydrogen-bond donors (Lipinski definition) is 4. The van der Waals surface area contributed by atoms with Crippen LogP contribution in [0, 0.1) is 0 Å². The molecule has 2 aliphatic carbocycles. The lowest BCUT2D eigenvalue weighted by atomic mass is 9.76. The Labute approximate surface area is 254 Å². The predicted molar refractivity (Wildman–Crippen MR) is 173 cm³/mol. The SMILES string of the molecule is O=C(Nc1cccc(-c2ccc(-c3ccc(-c4cnc([C@@H]5CCCN5)[nH]4)cc3)c3c2CCC32CCCC2)c1)[C@@H]1CCCN1. The summed E-state index contributed by atoms with van der Waals surface area (Å²) >= 11 is 0. The molecule has 43 heavy (non-hydrogen) atoms. The highest BCUT2D eigenvalue weighted by Crippen LogP contribution is 2.55. The number of nitrogens with one attached hydrogen (secondary N) is 4. The molecule has 3 fully saturated rings. The van der Waals surface area contributed by atoms with Gasteiger partial charge in [0, 0.05) is 5.69 Å². The molecule has 2 atom stereocenters. The summed E-state index contributed by atoms with van der Waals surface area (Å²) in [6.45, 7) is 1.99. The van der Waals surface area contributed by atoms with Gasteiger partial charge in [-0.2, -0.15) is 0 Å². The van der Waals surface area contributed by atoms with Gasteiger partial charge in [0.2, 0.25) is 5.91 Å². The summed E-state index contributed by atoms with van der Waals surface area (Å²) in [7, 11) is 0. The van der Waals surface area contributed by atoms with Crippen molar-refractivity contribution in [2.45, 2.75) is 81.7 Å². The zero-order valence-electron chi connectivity index (χ0n) is 24.8. The number of nitrogens with zero attached hydrogens (tertiary/aromatic N) is 1. The van der Waals surface area contributed by atoms with Crippen LogP contribution in [-0.2, 0) is 16.6 Å². The number of imidazole rings is 1. The average Bonchev–Trinajstić information content (AvgIpc) is 3.89. The van der Waals surface area contributed by atoms with Crippen molar-refractivity contribution in [3.05, 3.63) is 83.8 Å². The topological polar surface area (TPSA) is 81.8 Å². The summed E-state index contributed by atoms with van der Waals surface area (Å²) in [5.41, 5.74) is 11.7. The highest BCUT2D eigenvalue weighted by Gasteiger charge is 2.43. The van der Waals surface area contributed by atoms with E-state index < -0.39 is 0 Å². The molecule has 8 rings (SSSR count). The maximum absolute atomic E-state index is 12.8. The fraction of sp³-hybridized carbons (Fsp3) is 0.405. The number of benzene rings is 3. The van der Waals surface area contributed by atoms with Crippen LogP contribution in [0.15, 0.2) is 66.9 Å². The van der Waals surface area contributed by atoms with Gasteiger partial charge in [0.15, 0.2) is 0 Å². The van der Waals surface area contributed by atoms with Crippen molar-refractivity contribution in [1.29, 1.82) is 0 Å². The summed E-state index contributed by atoms with van der Waals surface area (Å²) < 4.78 is 0. The highest BCUT2D eigenvalue weighted by atomic mass is 16.2. The Hall–Kier alpha value is -3.74. The van der Waals surface area contributed by atoms with Crippen molar-refractivity contribution >= 4 is 11.6 Å². The smallest absolute Gasteiger partial charge is 0.241 e. The second-order valence-corrected chi connectivity index (χ2v) is 13.1. The monoisotopic (exact) mass is 571 g/mol. The standard InChI is InChI=1S/C37H41N5O/c43-36(32-9-5-21-39-32)41-27-7-3-6-26(22-27)28-14-15-29(34-30(28)16-19-37(34)17-1-2-18-37)24-10-12-25(13-11-24)33-23-40-35(42-33)31-8-4-20-38-31/h3,6-7,10-15,22-23,31-32,38-39H,1-2,4-5,8-9,16-21H2,(H,40,42)(H,41,43)/t31-,32-/m0/s1. The molecule has 1 spiro atoms. The van der Waals surface area contributed by atoms with Crippen LogP contribution < -0.4 is 16.0 Å². The number of fused-ring (bicyclic) bond motifs is 2. The normalized spacial score (nSPS) is 22.3. The number of hydrogen-bond acceptors (Lipinski definition) is 4. The van der Waals surface area contributed by atoms with E-state index in [-0.39, 0.29) is 17.4 Å². The third-order valence-corrected chi connectivity index (χ3v) is 10.6. The molecule has 0 unspecified atom stereocenters. The predicted octanol–water partition coefficient (Wildman–Crippen LogP) is 7.28. The van der Waals surface area contributed by atoms with E-state index in [0.29, 0.717) is 6.04 Å². The fourth-order valence-electron chi connectivity index (χ4n) is 8.38. The van der Waals surface area contributed by atoms with Crippen molar-refractivity contribution in [3.8, 4) is 33.5 Å². The summed E-state index contributed by atoms with van der Waals surface area (Å²) in [6.07, 6.45) is 13.8. The van der Waals surface area contributed by atoms with Crippen molar-refractivity contribution in [2.24, 2.45) is 0 Å². The maximum Gasteiger partial charge on any atom is 0.241 e. The van der Waals surface area contributed by atoms with Gasteiger partial charge in [0.1, 0.15) is 5.82 Å². The molecule has 6 heteroatoms. The van der Waals surface area contributed by atoms with Gasteiger partial charge in [-0.05, 0) is 121 Å². The summed E-state index contributed by atoms with van der Waals surface area (Å²) in [6, 6.07) is 22.5. The fourth-order valence-corrected chi connectivity index (χ4v) is 8.38. The van der Waals surface area contributed by atoms with Crippen LogP contribution in [-0.4, -0.2) is 35.0 Å². The van der Waals surface area contributed by atoms with Gasteiger partial charge >= 0.3 is 0 Å². The summed E-state index contributed by atoms with van der Waals surface area (Å²) in [5, 5.41) is 10.0. The molecule has 4 aromatic rings. The molecule has 4 N–H and O–H groups in total. The molecule has 1 amide bonds. The number of H-pyrrole nitrogens is 1. The van der Waals surface area contributed by atoms with Gasteiger partial charge in [0.25, 0.3) is 0 Å². The first-order valence-corrected chi connectivity index (χ1v) is 16.4. The summed E-state index contributed by atoms with van der Waals surface area (Å²) in [4.78, 5) is 21.1. The van der Waals surface area contributed by atoms with Crippen LogP contribution in [0.25, 0.3) is 33.5 Å². The molecule has 3 aromatic carbocycles. The van der Waals surface area contributed by atoms with E-state index in [9.17, 15) is 4.79 Å². The molecule has 4 aliphatic rings. The van der Waals surface area contributed by atoms with Gasteiger partial charge in [-0.25, -0.2) is 4.98 Å². The Morgan fingerprint density at radius 1 is 0.814 bits per heavy atom. The second-order valence-electron chi connectivity index (χ2n) is 13.1. The van der Waals surface area contributed by atoms with E-state index in [0.717, 1.165) is 56.0 Å². The van der Waals surface area contributed by atoms with Crippen LogP contribution in [0.4, 0.5) is 5.69 Å². The zero-order chi connectivity index (χ0) is 28.8. The number of carbonyl (C=O) groups is 1. The molecule has 0 radical (unpaired) electrons. The van der Waals surface area contributed by atoms with Crippen LogP contribution in [0.1, 0.15) is 80.8 Å². The molecular weight excluding hydrogens is 530 g/mol. The van der Waals surface area contributed by atoms with E-state index in [1.807, 2.05) is 12.3 Å². The van der Waals surface area contributed by atoms with Crippen LogP contribution >= 0.6 is 0 Å². The van der Waals surface area contributed by atoms with E-state index in [1.165, 1.54) is 71.9 Å². The second kappa shape index (κ2) is 11.1. The van der Waals surface area contributed by atoms with E-state index in [1.54, 1.807) is 5.56 Å². The van der Waals surface area contributed by atoms with E-state index in [2.05, 4.69) is 80.5 Å². The first-order valence-electron chi connectivity index (χ1n) is 16.4. The number of carbonyl (C=O) groups excluding carboxylic acids is 1. The quantitative estimate of drug-likeness (QED) is 0.196. The minimum atomic E-state index is -0.0829. The van der Waals surface area contributed by atoms with Crippen molar-refractivity contribution < 1.29 is 4.79 Å². The largest absolute Gasteiger partial charge is 0.341 e. The van der Waals surface area contributed by atoms with Crippen molar-refractivity contribution in [1.82, 2.24) is 20.6 Å². The Bertz CT molecular complexity index is 1640. The van der Waals surface area contributed by atoms with Crippen LogP contribution in [0.2, 0.25) is 0 Å². The molecule has 2 saturated heterocycles. The van der Waals surface area contributed by atoms with Gasteiger partial charge in [0.05, 0.1) is 24.0 Å². The minimum absolute atomic E-state index is 0.0742. The van der Waals surface area contributed by atoms with Crippen LogP contribution in [0.3, 0.4) is 0 Å².